The standard InChI is InChI=1S/C8H14FNS/c9-7-4-8(6-11)2-1-3-10(8)5-7/h7,11H,1-6H2. The van der Waals surface area contributed by atoms with Crippen molar-refractivity contribution in [2.75, 3.05) is 18.8 Å². The molecular weight excluding hydrogens is 161 g/mol. The Morgan fingerprint density at radius 2 is 2.45 bits per heavy atom. The lowest BCUT2D eigenvalue weighted by atomic mass is 9.96. The molecule has 2 heterocycles. The number of halogens is 1. The average Bonchev–Trinajstić information content (AvgIpc) is 2.43. The highest BCUT2D eigenvalue weighted by Gasteiger charge is 2.47. The van der Waals surface area contributed by atoms with Gasteiger partial charge in [0, 0.05) is 17.8 Å². The quantitative estimate of drug-likeness (QED) is 0.591. The number of fused-ring (bicyclic) bond motifs is 1. The highest BCUT2D eigenvalue weighted by molar-refractivity contribution is 7.80. The van der Waals surface area contributed by atoms with Gasteiger partial charge < -0.3 is 0 Å². The number of thiol groups is 1. The summed E-state index contributed by atoms with van der Waals surface area (Å²) in [7, 11) is 0. The highest BCUT2D eigenvalue weighted by Crippen LogP contribution is 2.40. The van der Waals surface area contributed by atoms with Crippen molar-refractivity contribution < 1.29 is 4.39 Å². The Labute approximate surface area is 72.4 Å². The molecule has 0 spiro atoms. The third-order valence-electron chi connectivity index (χ3n) is 3.06. The molecule has 0 saturated carbocycles. The molecule has 2 unspecified atom stereocenters. The van der Waals surface area contributed by atoms with Crippen LogP contribution in [0.3, 0.4) is 0 Å². The first-order valence-corrected chi connectivity index (χ1v) is 4.90. The Morgan fingerprint density at radius 3 is 3.09 bits per heavy atom. The summed E-state index contributed by atoms with van der Waals surface area (Å²) in [6.45, 7) is 1.74. The van der Waals surface area contributed by atoms with Gasteiger partial charge >= 0.3 is 0 Å². The van der Waals surface area contributed by atoms with Crippen molar-refractivity contribution in [2.45, 2.75) is 31.0 Å². The molecule has 0 aromatic heterocycles. The molecule has 2 fully saturated rings. The van der Waals surface area contributed by atoms with Crippen molar-refractivity contribution in [3.05, 3.63) is 0 Å². The van der Waals surface area contributed by atoms with E-state index >= 15 is 0 Å². The summed E-state index contributed by atoms with van der Waals surface area (Å²) in [6, 6.07) is 0. The van der Waals surface area contributed by atoms with Gasteiger partial charge in [0.25, 0.3) is 0 Å². The van der Waals surface area contributed by atoms with Crippen molar-refractivity contribution in [1.29, 1.82) is 0 Å². The Bertz CT molecular complexity index is 164. The van der Waals surface area contributed by atoms with E-state index in [0.717, 1.165) is 25.1 Å². The van der Waals surface area contributed by atoms with Gasteiger partial charge in [0.1, 0.15) is 6.17 Å². The van der Waals surface area contributed by atoms with Gasteiger partial charge in [-0.3, -0.25) is 4.90 Å². The van der Waals surface area contributed by atoms with Gasteiger partial charge in [0.15, 0.2) is 0 Å². The van der Waals surface area contributed by atoms with Gasteiger partial charge in [-0.2, -0.15) is 12.6 Å². The first-order valence-electron chi connectivity index (χ1n) is 4.27. The van der Waals surface area contributed by atoms with Crippen molar-refractivity contribution in [1.82, 2.24) is 4.90 Å². The Hall–Kier alpha value is 0.240. The zero-order valence-electron chi connectivity index (χ0n) is 6.59. The third kappa shape index (κ3) is 1.09. The van der Waals surface area contributed by atoms with E-state index in [4.69, 9.17) is 0 Å². The van der Waals surface area contributed by atoms with Crippen molar-refractivity contribution in [3.8, 4) is 0 Å². The van der Waals surface area contributed by atoms with Crippen molar-refractivity contribution >= 4 is 12.6 Å². The van der Waals surface area contributed by atoms with Gasteiger partial charge in [-0.1, -0.05) is 0 Å². The van der Waals surface area contributed by atoms with Crippen molar-refractivity contribution in [2.24, 2.45) is 0 Å². The molecule has 64 valence electrons. The minimum absolute atomic E-state index is 0.141. The van der Waals surface area contributed by atoms with Crippen molar-refractivity contribution in [3.63, 3.8) is 0 Å². The molecule has 0 N–H and O–H groups in total. The van der Waals surface area contributed by atoms with E-state index in [2.05, 4.69) is 17.5 Å². The van der Waals surface area contributed by atoms with Gasteiger partial charge in [-0.25, -0.2) is 4.39 Å². The summed E-state index contributed by atoms with van der Waals surface area (Å²) in [5, 5.41) is 0. The molecule has 0 bridgehead atoms. The van der Waals surface area contributed by atoms with Crippen LogP contribution in [0, 0.1) is 0 Å². The van der Waals surface area contributed by atoms with Crippen LogP contribution in [0.4, 0.5) is 4.39 Å². The molecule has 0 aliphatic carbocycles. The normalized spacial score (nSPS) is 44.7. The van der Waals surface area contributed by atoms with E-state index in [-0.39, 0.29) is 5.54 Å². The summed E-state index contributed by atoms with van der Waals surface area (Å²) in [4.78, 5) is 2.28. The third-order valence-corrected chi connectivity index (χ3v) is 3.64. The molecule has 0 amide bonds. The maximum absolute atomic E-state index is 13.0. The second-order valence-electron chi connectivity index (χ2n) is 3.73. The van der Waals surface area contributed by atoms with Gasteiger partial charge in [-0.15, -0.1) is 0 Å². The molecule has 3 heteroatoms. The monoisotopic (exact) mass is 175 g/mol. The Morgan fingerprint density at radius 1 is 1.64 bits per heavy atom. The minimum atomic E-state index is -0.595. The number of alkyl halides is 1. The SMILES string of the molecule is FC1CN2CCCC2(CS)C1. The maximum Gasteiger partial charge on any atom is 0.115 e. The molecule has 0 aromatic rings. The zero-order valence-corrected chi connectivity index (χ0v) is 7.49. The molecular formula is C8H14FNS. The average molecular weight is 175 g/mol. The summed E-state index contributed by atoms with van der Waals surface area (Å²) >= 11 is 4.31. The predicted molar refractivity (Wildman–Crippen MR) is 46.9 cm³/mol. The summed E-state index contributed by atoms with van der Waals surface area (Å²) in [6.07, 6.45) is 2.50. The predicted octanol–water partition coefficient (Wildman–Crippen LogP) is 1.49. The van der Waals surface area contributed by atoms with Crippen LogP contribution in [0.5, 0.6) is 0 Å². The molecule has 0 radical (unpaired) electrons. The topological polar surface area (TPSA) is 3.24 Å². The van der Waals surface area contributed by atoms with E-state index in [1.807, 2.05) is 0 Å². The fraction of sp³-hybridized carbons (Fsp3) is 1.00. The smallest absolute Gasteiger partial charge is 0.115 e. The molecule has 0 aromatic carbocycles. The molecule has 2 atom stereocenters. The van der Waals surface area contributed by atoms with Crippen LogP contribution in [0.1, 0.15) is 19.3 Å². The summed E-state index contributed by atoms with van der Waals surface area (Å²) < 4.78 is 13.0. The molecule has 2 saturated heterocycles. The van der Waals surface area contributed by atoms with E-state index in [0.29, 0.717) is 6.54 Å². The van der Waals surface area contributed by atoms with Gasteiger partial charge in [-0.05, 0) is 25.8 Å². The molecule has 2 aliphatic rings. The molecule has 2 aliphatic heterocycles. The van der Waals surface area contributed by atoms with Crippen LogP contribution < -0.4 is 0 Å². The van der Waals surface area contributed by atoms with E-state index in [1.54, 1.807) is 0 Å². The van der Waals surface area contributed by atoms with Gasteiger partial charge in [0.2, 0.25) is 0 Å². The largest absolute Gasteiger partial charge is 0.294 e. The first-order chi connectivity index (χ1) is 5.27. The van der Waals surface area contributed by atoms with Crippen LogP contribution in [0.25, 0.3) is 0 Å². The molecule has 1 nitrogen and oxygen atoms in total. The Balaban J connectivity index is 2.15. The van der Waals surface area contributed by atoms with Gasteiger partial charge in [0.05, 0.1) is 0 Å². The summed E-state index contributed by atoms with van der Waals surface area (Å²) in [5.41, 5.74) is 0.141. The molecule has 11 heavy (non-hydrogen) atoms. The van der Waals surface area contributed by atoms with Crippen LogP contribution in [0.2, 0.25) is 0 Å². The fourth-order valence-electron chi connectivity index (χ4n) is 2.47. The van der Waals surface area contributed by atoms with Crippen LogP contribution in [-0.2, 0) is 0 Å². The number of hydrogen-bond donors (Lipinski definition) is 1. The van der Waals surface area contributed by atoms with E-state index in [1.165, 1.54) is 6.42 Å². The second-order valence-corrected chi connectivity index (χ2v) is 4.05. The lowest BCUT2D eigenvalue weighted by Gasteiger charge is -2.29. The number of hydrogen-bond acceptors (Lipinski definition) is 2. The lowest BCUT2D eigenvalue weighted by molar-refractivity contribution is 0.223. The second kappa shape index (κ2) is 2.63. The highest BCUT2D eigenvalue weighted by atomic mass is 32.1. The maximum atomic E-state index is 13.0. The van der Waals surface area contributed by atoms with Crippen LogP contribution in [0.15, 0.2) is 0 Å². The first kappa shape index (κ1) is 7.87. The van der Waals surface area contributed by atoms with Crippen LogP contribution >= 0.6 is 12.6 Å². The minimum Gasteiger partial charge on any atom is -0.294 e. The number of nitrogens with zero attached hydrogens (tertiary/aromatic N) is 1. The van der Waals surface area contributed by atoms with E-state index in [9.17, 15) is 4.39 Å². The molecule has 2 rings (SSSR count). The van der Waals surface area contributed by atoms with Crippen LogP contribution in [-0.4, -0.2) is 35.5 Å². The fourth-order valence-corrected chi connectivity index (χ4v) is 2.96. The number of rotatable bonds is 1. The lowest BCUT2D eigenvalue weighted by Crippen LogP contribution is -2.39. The Kier molecular flexibility index (Phi) is 1.88. The van der Waals surface area contributed by atoms with E-state index < -0.39 is 6.17 Å². The zero-order chi connectivity index (χ0) is 7.90. The summed E-state index contributed by atoms with van der Waals surface area (Å²) in [5.74, 6) is 0.827.